The molecule has 1 heteroatoms. The maximum Gasteiger partial charge on any atom is 0.0591 e. The minimum atomic E-state index is -0.475. The molecule has 0 amide bonds. The molecule has 0 aromatic carbocycles. The Morgan fingerprint density at radius 2 is 1.67 bits per heavy atom. The first-order valence-electron chi connectivity index (χ1n) is 5.05. The largest absolute Gasteiger partial charge is 0.390 e. The highest BCUT2D eigenvalue weighted by atomic mass is 16.3. The van der Waals surface area contributed by atoms with Gasteiger partial charge in [0, 0.05) is 0 Å². The fourth-order valence-electron chi connectivity index (χ4n) is 1.19. The lowest BCUT2D eigenvalue weighted by Gasteiger charge is -2.20. The number of hydrogen-bond acceptors (Lipinski definition) is 1. The van der Waals surface area contributed by atoms with Crippen LogP contribution < -0.4 is 0 Å². The molecule has 12 heavy (non-hydrogen) atoms. The summed E-state index contributed by atoms with van der Waals surface area (Å²) in [7, 11) is 0. The fourth-order valence-corrected chi connectivity index (χ4v) is 1.19. The lowest BCUT2D eigenvalue weighted by Crippen LogP contribution is -2.18. The van der Waals surface area contributed by atoms with E-state index in [1.165, 1.54) is 6.42 Å². The Bertz CT molecular complexity index is 111. The molecule has 0 fully saturated rings. The molecule has 0 aromatic rings. The summed E-state index contributed by atoms with van der Waals surface area (Å²) in [6.45, 7) is 10.6. The Morgan fingerprint density at radius 3 is 2.00 bits per heavy atom. The van der Waals surface area contributed by atoms with Gasteiger partial charge in [-0.15, -0.1) is 0 Å². The molecule has 74 valence electrons. The Hall–Kier alpha value is -0.0400. The predicted molar refractivity (Wildman–Crippen MR) is 54.2 cm³/mol. The van der Waals surface area contributed by atoms with Gasteiger partial charge >= 0.3 is 0 Å². The highest BCUT2D eigenvalue weighted by Gasteiger charge is 2.13. The topological polar surface area (TPSA) is 20.2 Å². The van der Waals surface area contributed by atoms with Crippen LogP contribution >= 0.6 is 0 Å². The maximum absolute atomic E-state index is 9.47. The van der Waals surface area contributed by atoms with Crippen LogP contribution in [0.2, 0.25) is 0 Å². The predicted octanol–water partition coefficient (Wildman–Crippen LogP) is 3.22. The van der Waals surface area contributed by atoms with Crippen LogP contribution in [-0.2, 0) is 0 Å². The monoisotopic (exact) mass is 172 g/mol. The molecule has 1 nitrogen and oxygen atoms in total. The number of hydrogen-bond donors (Lipinski definition) is 1. The Morgan fingerprint density at radius 1 is 1.17 bits per heavy atom. The highest BCUT2D eigenvalue weighted by Crippen LogP contribution is 2.20. The first kappa shape index (κ1) is 12.0. The van der Waals surface area contributed by atoms with Crippen LogP contribution in [0.3, 0.4) is 0 Å². The van der Waals surface area contributed by atoms with Crippen molar-refractivity contribution in [1.82, 2.24) is 0 Å². The van der Waals surface area contributed by atoms with E-state index in [1.54, 1.807) is 0 Å². The smallest absolute Gasteiger partial charge is 0.0591 e. The zero-order valence-electron chi connectivity index (χ0n) is 9.22. The Labute approximate surface area is 77.2 Å². The Balaban J connectivity index is 3.44. The van der Waals surface area contributed by atoms with E-state index in [0.29, 0.717) is 0 Å². The third-order valence-electron chi connectivity index (χ3n) is 2.59. The third-order valence-corrected chi connectivity index (χ3v) is 2.59. The molecule has 0 aliphatic rings. The molecule has 0 bridgehead atoms. The van der Waals surface area contributed by atoms with Gasteiger partial charge in [0.2, 0.25) is 0 Å². The summed E-state index contributed by atoms with van der Waals surface area (Å²) in [6.07, 6.45) is 3.30. The average Bonchev–Trinajstić information content (AvgIpc) is 1.84. The zero-order valence-corrected chi connectivity index (χ0v) is 9.22. The summed E-state index contributed by atoms with van der Waals surface area (Å²) >= 11 is 0. The van der Waals surface area contributed by atoms with Crippen molar-refractivity contribution in [2.45, 2.75) is 59.5 Å². The lowest BCUT2D eigenvalue weighted by atomic mass is 9.90. The van der Waals surface area contributed by atoms with Crippen LogP contribution in [0.25, 0.3) is 0 Å². The highest BCUT2D eigenvalue weighted by molar-refractivity contribution is 4.66. The van der Waals surface area contributed by atoms with Crippen molar-refractivity contribution < 1.29 is 5.11 Å². The molecule has 1 atom stereocenters. The van der Waals surface area contributed by atoms with Gasteiger partial charge < -0.3 is 5.11 Å². The van der Waals surface area contributed by atoms with Crippen molar-refractivity contribution in [3.8, 4) is 0 Å². The molecular formula is C11H24O. The second-order valence-electron chi connectivity index (χ2n) is 4.93. The van der Waals surface area contributed by atoms with Gasteiger partial charge in [-0.1, -0.05) is 33.6 Å². The first-order chi connectivity index (χ1) is 5.33. The lowest BCUT2D eigenvalue weighted by molar-refractivity contribution is 0.0663. The van der Waals surface area contributed by atoms with Gasteiger partial charge in [0.15, 0.2) is 0 Å². The second kappa shape index (κ2) is 4.86. The van der Waals surface area contributed by atoms with Crippen LogP contribution in [0.15, 0.2) is 0 Å². The van der Waals surface area contributed by atoms with Gasteiger partial charge in [0.1, 0.15) is 0 Å². The van der Waals surface area contributed by atoms with E-state index in [-0.39, 0.29) is 0 Å². The van der Waals surface area contributed by atoms with Crippen LogP contribution in [0.5, 0.6) is 0 Å². The van der Waals surface area contributed by atoms with E-state index >= 15 is 0 Å². The quantitative estimate of drug-likeness (QED) is 0.675. The van der Waals surface area contributed by atoms with Crippen LogP contribution in [-0.4, -0.2) is 10.7 Å². The van der Waals surface area contributed by atoms with Crippen LogP contribution in [0, 0.1) is 11.8 Å². The minimum absolute atomic E-state index is 0.475. The Kier molecular flexibility index (Phi) is 4.84. The molecule has 0 saturated heterocycles. The molecule has 1 N–H and O–H groups in total. The van der Waals surface area contributed by atoms with Crippen molar-refractivity contribution in [2.75, 3.05) is 0 Å². The van der Waals surface area contributed by atoms with E-state index in [1.807, 2.05) is 13.8 Å². The van der Waals surface area contributed by atoms with Gasteiger partial charge in [0.05, 0.1) is 5.60 Å². The fraction of sp³-hybridized carbons (Fsp3) is 1.00. The molecule has 0 radical (unpaired) electrons. The van der Waals surface area contributed by atoms with Gasteiger partial charge in [-0.3, -0.25) is 0 Å². The van der Waals surface area contributed by atoms with Crippen molar-refractivity contribution in [1.29, 1.82) is 0 Å². The minimum Gasteiger partial charge on any atom is -0.390 e. The molecule has 0 spiro atoms. The standard InChI is InChI=1S/C11H24O/c1-9(2)10(3)7-6-8-11(4,5)12/h9-10,12H,6-8H2,1-5H3/t10-/m1/s1. The van der Waals surface area contributed by atoms with Gasteiger partial charge in [-0.25, -0.2) is 0 Å². The summed E-state index contributed by atoms with van der Waals surface area (Å²) < 4.78 is 0. The third kappa shape index (κ3) is 6.66. The van der Waals surface area contributed by atoms with Crippen molar-refractivity contribution in [2.24, 2.45) is 11.8 Å². The molecule has 0 rings (SSSR count). The van der Waals surface area contributed by atoms with Crippen LogP contribution in [0.4, 0.5) is 0 Å². The first-order valence-corrected chi connectivity index (χ1v) is 5.05. The van der Waals surface area contributed by atoms with E-state index < -0.39 is 5.60 Å². The van der Waals surface area contributed by atoms with Crippen molar-refractivity contribution in [3.05, 3.63) is 0 Å². The normalized spacial score (nSPS) is 15.2. The molecule has 0 aliphatic heterocycles. The van der Waals surface area contributed by atoms with E-state index in [4.69, 9.17) is 0 Å². The van der Waals surface area contributed by atoms with Crippen molar-refractivity contribution >= 4 is 0 Å². The van der Waals surface area contributed by atoms with Crippen molar-refractivity contribution in [3.63, 3.8) is 0 Å². The molecule has 0 aliphatic carbocycles. The average molecular weight is 172 g/mol. The summed E-state index contributed by atoms with van der Waals surface area (Å²) in [6, 6.07) is 0. The SMILES string of the molecule is CC(C)[C@H](C)CCCC(C)(C)O. The van der Waals surface area contributed by atoms with Gasteiger partial charge in [-0.05, 0) is 32.1 Å². The van der Waals surface area contributed by atoms with E-state index in [2.05, 4.69) is 20.8 Å². The second-order valence-corrected chi connectivity index (χ2v) is 4.93. The molecule has 0 heterocycles. The molecule has 0 saturated carbocycles. The molecule has 0 unspecified atom stereocenters. The number of aliphatic hydroxyl groups is 1. The number of rotatable bonds is 5. The summed E-state index contributed by atoms with van der Waals surface area (Å²) in [4.78, 5) is 0. The van der Waals surface area contributed by atoms with E-state index in [9.17, 15) is 5.11 Å². The summed E-state index contributed by atoms with van der Waals surface area (Å²) in [5.41, 5.74) is -0.475. The maximum atomic E-state index is 9.47. The summed E-state index contributed by atoms with van der Waals surface area (Å²) in [5.74, 6) is 1.55. The zero-order chi connectivity index (χ0) is 9.78. The summed E-state index contributed by atoms with van der Waals surface area (Å²) in [5, 5.41) is 9.47. The van der Waals surface area contributed by atoms with Gasteiger partial charge in [-0.2, -0.15) is 0 Å². The molecule has 0 aromatic heterocycles. The van der Waals surface area contributed by atoms with Gasteiger partial charge in [0.25, 0.3) is 0 Å². The van der Waals surface area contributed by atoms with Crippen LogP contribution in [0.1, 0.15) is 53.9 Å². The molecular weight excluding hydrogens is 148 g/mol. The van der Waals surface area contributed by atoms with E-state index in [0.717, 1.165) is 24.7 Å².